The van der Waals surface area contributed by atoms with E-state index in [0.29, 0.717) is 16.9 Å². The van der Waals surface area contributed by atoms with E-state index in [2.05, 4.69) is 4.90 Å². The predicted molar refractivity (Wildman–Crippen MR) is 62.6 cm³/mol. The zero-order valence-corrected chi connectivity index (χ0v) is 9.63. The second-order valence-electron chi connectivity index (χ2n) is 4.30. The molecule has 0 aromatic carbocycles. The Morgan fingerprint density at radius 2 is 2.33 bits per heavy atom. The van der Waals surface area contributed by atoms with Crippen molar-refractivity contribution in [2.24, 2.45) is 5.73 Å². The van der Waals surface area contributed by atoms with E-state index in [0.717, 1.165) is 45.4 Å². The number of hydrogen-bond acceptors (Lipinski definition) is 3. The lowest BCUT2D eigenvalue weighted by atomic mass is 10.1. The van der Waals surface area contributed by atoms with Crippen LogP contribution in [0.3, 0.4) is 0 Å². The second-order valence-corrected chi connectivity index (χ2v) is 4.82. The Morgan fingerprint density at radius 3 is 3.07 bits per heavy atom. The lowest BCUT2D eigenvalue weighted by molar-refractivity contribution is -0.130. The van der Waals surface area contributed by atoms with Gasteiger partial charge in [0.25, 0.3) is 0 Å². The van der Waals surface area contributed by atoms with E-state index in [-0.39, 0.29) is 0 Å². The summed E-state index contributed by atoms with van der Waals surface area (Å²) in [5.74, 6) is 0.328. The quantitative estimate of drug-likeness (QED) is 0.688. The summed E-state index contributed by atoms with van der Waals surface area (Å²) in [5.41, 5.74) is 5.48. The van der Waals surface area contributed by atoms with E-state index in [1.54, 1.807) is 0 Å². The van der Waals surface area contributed by atoms with Crippen LogP contribution < -0.4 is 5.73 Å². The van der Waals surface area contributed by atoms with Crippen LogP contribution in [-0.4, -0.2) is 52.9 Å². The first-order valence-electron chi connectivity index (χ1n) is 5.47. The minimum absolute atomic E-state index is 0.328. The van der Waals surface area contributed by atoms with Gasteiger partial charge in [-0.1, -0.05) is 12.2 Å². The Bertz CT molecular complexity index is 282. The summed E-state index contributed by atoms with van der Waals surface area (Å²) < 4.78 is 0. The molecule has 1 atom stereocenters. The van der Waals surface area contributed by atoms with Crippen molar-refractivity contribution in [1.29, 1.82) is 0 Å². The van der Waals surface area contributed by atoms with Crippen LogP contribution in [0.5, 0.6) is 0 Å². The maximum absolute atomic E-state index is 11.4. The first-order chi connectivity index (χ1) is 7.16. The normalized spacial score (nSPS) is 26.8. The van der Waals surface area contributed by atoms with Crippen molar-refractivity contribution in [1.82, 2.24) is 9.80 Å². The number of carbonyl (C=O) groups is 1. The molecule has 15 heavy (non-hydrogen) atoms. The third-order valence-corrected chi connectivity index (χ3v) is 3.46. The fraction of sp³-hybridized carbons (Fsp3) is 0.800. The predicted octanol–water partition coefficient (Wildman–Crippen LogP) is -0.0308. The Morgan fingerprint density at radius 1 is 1.53 bits per heavy atom. The highest BCUT2D eigenvalue weighted by Gasteiger charge is 2.35. The van der Waals surface area contributed by atoms with Gasteiger partial charge in [-0.15, -0.1) is 0 Å². The van der Waals surface area contributed by atoms with E-state index in [4.69, 9.17) is 18.0 Å². The van der Waals surface area contributed by atoms with Gasteiger partial charge in [0, 0.05) is 45.1 Å². The Kier molecular flexibility index (Phi) is 3.21. The average Bonchev–Trinajstić information content (AvgIpc) is 2.57. The first-order valence-corrected chi connectivity index (χ1v) is 5.88. The fourth-order valence-electron chi connectivity index (χ4n) is 2.40. The standard InChI is InChI=1S/C10H17N3OS/c11-9(15)3-4-12-5-6-13-8(7-12)1-2-10(13)14/h8H,1-7H2,(H2,11,15). The minimum atomic E-state index is 0.328. The van der Waals surface area contributed by atoms with Crippen molar-refractivity contribution >= 4 is 23.1 Å². The van der Waals surface area contributed by atoms with Crippen molar-refractivity contribution in [2.45, 2.75) is 25.3 Å². The highest BCUT2D eigenvalue weighted by atomic mass is 32.1. The average molecular weight is 227 g/mol. The topological polar surface area (TPSA) is 49.6 Å². The third-order valence-electron chi connectivity index (χ3n) is 3.25. The van der Waals surface area contributed by atoms with Crippen LogP contribution in [0.2, 0.25) is 0 Å². The summed E-state index contributed by atoms with van der Waals surface area (Å²) >= 11 is 4.86. The van der Waals surface area contributed by atoms with Crippen LogP contribution in [0.25, 0.3) is 0 Å². The summed E-state index contributed by atoms with van der Waals surface area (Å²) in [5, 5.41) is 0. The van der Waals surface area contributed by atoms with Crippen LogP contribution in [0.1, 0.15) is 19.3 Å². The summed E-state index contributed by atoms with van der Waals surface area (Å²) in [6.07, 6.45) is 2.53. The van der Waals surface area contributed by atoms with E-state index < -0.39 is 0 Å². The molecule has 0 radical (unpaired) electrons. The minimum Gasteiger partial charge on any atom is -0.393 e. The molecule has 0 spiro atoms. The molecular weight excluding hydrogens is 210 g/mol. The largest absolute Gasteiger partial charge is 0.393 e. The van der Waals surface area contributed by atoms with Gasteiger partial charge < -0.3 is 10.6 Å². The smallest absolute Gasteiger partial charge is 0.222 e. The maximum atomic E-state index is 11.4. The van der Waals surface area contributed by atoms with Crippen molar-refractivity contribution in [3.8, 4) is 0 Å². The van der Waals surface area contributed by atoms with Gasteiger partial charge in [-0.05, 0) is 6.42 Å². The molecule has 2 aliphatic rings. The molecule has 2 saturated heterocycles. The Hall–Kier alpha value is -0.680. The molecule has 4 nitrogen and oxygen atoms in total. The Balaban J connectivity index is 1.83. The van der Waals surface area contributed by atoms with Crippen LogP contribution in [0, 0.1) is 0 Å². The zero-order valence-electron chi connectivity index (χ0n) is 8.82. The molecule has 2 aliphatic heterocycles. The zero-order chi connectivity index (χ0) is 10.8. The number of piperazine rings is 1. The molecule has 0 bridgehead atoms. The van der Waals surface area contributed by atoms with Gasteiger partial charge in [0.05, 0.1) is 4.99 Å². The van der Waals surface area contributed by atoms with Crippen LogP contribution >= 0.6 is 12.2 Å². The summed E-state index contributed by atoms with van der Waals surface area (Å²) in [6.45, 7) is 3.77. The summed E-state index contributed by atoms with van der Waals surface area (Å²) in [6, 6.07) is 0.442. The first kappa shape index (κ1) is 10.8. The number of amides is 1. The number of nitrogens with two attached hydrogens (primary N) is 1. The lowest BCUT2D eigenvalue weighted by Gasteiger charge is -2.37. The summed E-state index contributed by atoms with van der Waals surface area (Å²) in [7, 11) is 0. The lowest BCUT2D eigenvalue weighted by Crippen LogP contribution is -2.51. The maximum Gasteiger partial charge on any atom is 0.222 e. The van der Waals surface area contributed by atoms with Gasteiger partial charge in [0.1, 0.15) is 0 Å². The summed E-state index contributed by atoms with van der Waals surface area (Å²) in [4.78, 5) is 16.4. The van der Waals surface area contributed by atoms with Crippen molar-refractivity contribution in [3.63, 3.8) is 0 Å². The molecule has 2 N–H and O–H groups in total. The second kappa shape index (κ2) is 4.45. The number of hydrogen-bond donors (Lipinski definition) is 1. The molecule has 2 fully saturated rings. The van der Waals surface area contributed by atoms with Crippen LogP contribution in [0.15, 0.2) is 0 Å². The van der Waals surface area contributed by atoms with Gasteiger partial charge in [0.2, 0.25) is 5.91 Å². The number of thiocarbonyl (C=S) groups is 1. The number of fused-ring (bicyclic) bond motifs is 1. The number of rotatable bonds is 3. The molecule has 5 heteroatoms. The molecule has 84 valence electrons. The molecule has 0 aliphatic carbocycles. The molecule has 2 rings (SSSR count). The van der Waals surface area contributed by atoms with Gasteiger partial charge in [0.15, 0.2) is 0 Å². The van der Waals surface area contributed by atoms with Gasteiger partial charge >= 0.3 is 0 Å². The molecule has 0 aromatic heterocycles. The van der Waals surface area contributed by atoms with E-state index >= 15 is 0 Å². The molecule has 0 saturated carbocycles. The molecule has 1 unspecified atom stereocenters. The highest BCUT2D eigenvalue weighted by molar-refractivity contribution is 7.80. The number of carbonyl (C=O) groups excluding carboxylic acids is 1. The van der Waals surface area contributed by atoms with Crippen LogP contribution in [0.4, 0.5) is 0 Å². The van der Waals surface area contributed by atoms with Crippen molar-refractivity contribution in [3.05, 3.63) is 0 Å². The third kappa shape index (κ3) is 2.46. The molecular formula is C10H17N3OS. The van der Waals surface area contributed by atoms with Gasteiger partial charge in [-0.25, -0.2) is 0 Å². The monoisotopic (exact) mass is 227 g/mol. The number of nitrogens with zero attached hydrogens (tertiary/aromatic N) is 2. The van der Waals surface area contributed by atoms with Crippen LogP contribution in [-0.2, 0) is 4.79 Å². The highest BCUT2D eigenvalue weighted by Crippen LogP contribution is 2.22. The molecule has 2 heterocycles. The van der Waals surface area contributed by atoms with E-state index in [1.165, 1.54) is 0 Å². The SMILES string of the molecule is NC(=S)CCN1CCN2C(=O)CCC2C1. The molecule has 1 amide bonds. The van der Waals surface area contributed by atoms with Crippen molar-refractivity contribution in [2.75, 3.05) is 26.2 Å². The van der Waals surface area contributed by atoms with E-state index in [9.17, 15) is 4.79 Å². The van der Waals surface area contributed by atoms with Gasteiger partial charge in [-0.2, -0.15) is 0 Å². The Labute approximate surface area is 95.4 Å². The fourth-order valence-corrected chi connectivity index (χ4v) is 2.49. The van der Waals surface area contributed by atoms with E-state index in [1.807, 2.05) is 4.90 Å². The molecule has 0 aromatic rings. The van der Waals surface area contributed by atoms with Gasteiger partial charge in [-0.3, -0.25) is 9.69 Å². The van der Waals surface area contributed by atoms with Crippen molar-refractivity contribution < 1.29 is 4.79 Å².